The van der Waals surface area contributed by atoms with Crippen LogP contribution in [-0.2, 0) is 4.79 Å². The van der Waals surface area contributed by atoms with Crippen molar-refractivity contribution in [1.82, 2.24) is 5.32 Å². The molecule has 1 aromatic rings. The Morgan fingerprint density at radius 1 is 1.55 bits per heavy atom. The SMILES string of the molecule is Cc1cc(N2CC(C)CNC(=O)C2CC#N)ccc1Br. The first-order valence-corrected chi connectivity index (χ1v) is 7.49. The normalized spacial score (nSPS) is 22.9. The van der Waals surface area contributed by atoms with E-state index in [-0.39, 0.29) is 12.3 Å². The number of nitrogens with one attached hydrogen (secondary N) is 1. The number of aryl methyl sites for hydroxylation is 1. The summed E-state index contributed by atoms with van der Waals surface area (Å²) in [6, 6.07) is 7.75. The van der Waals surface area contributed by atoms with Crippen LogP contribution < -0.4 is 10.2 Å². The summed E-state index contributed by atoms with van der Waals surface area (Å²) in [6.45, 7) is 5.56. The Hall–Kier alpha value is -1.54. The molecule has 2 rings (SSSR count). The quantitative estimate of drug-likeness (QED) is 0.903. The van der Waals surface area contributed by atoms with Gasteiger partial charge in [-0.05, 0) is 36.6 Å². The number of carbonyl (C=O) groups is 1. The minimum Gasteiger partial charge on any atom is -0.358 e. The zero-order chi connectivity index (χ0) is 14.7. The van der Waals surface area contributed by atoms with Crippen molar-refractivity contribution < 1.29 is 4.79 Å². The van der Waals surface area contributed by atoms with Crippen LogP contribution in [0.1, 0.15) is 18.9 Å². The lowest BCUT2D eigenvalue weighted by Crippen LogP contribution is -2.44. The topological polar surface area (TPSA) is 56.1 Å². The first kappa shape index (κ1) is 14.9. The van der Waals surface area contributed by atoms with Crippen molar-refractivity contribution in [2.75, 3.05) is 18.0 Å². The number of hydrogen-bond donors (Lipinski definition) is 1. The van der Waals surface area contributed by atoms with E-state index in [9.17, 15) is 4.79 Å². The molecule has 1 aliphatic rings. The smallest absolute Gasteiger partial charge is 0.243 e. The molecule has 106 valence electrons. The number of hydrogen-bond acceptors (Lipinski definition) is 3. The van der Waals surface area contributed by atoms with E-state index in [2.05, 4.69) is 45.2 Å². The third-order valence-corrected chi connectivity index (χ3v) is 4.46. The van der Waals surface area contributed by atoms with Gasteiger partial charge in [0.2, 0.25) is 5.91 Å². The Balaban J connectivity index is 2.38. The Morgan fingerprint density at radius 2 is 2.30 bits per heavy atom. The van der Waals surface area contributed by atoms with E-state index in [0.29, 0.717) is 12.5 Å². The van der Waals surface area contributed by atoms with Gasteiger partial charge >= 0.3 is 0 Å². The van der Waals surface area contributed by atoms with E-state index in [0.717, 1.165) is 22.3 Å². The van der Waals surface area contributed by atoms with Crippen LogP contribution >= 0.6 is 15.9 Å². The lowest BCUT2D eigenvalue weighted by molar-refractivity contribution is -0.122. The highest BCUT2D eigenvalue weighted by atomic mass is 79.9. The second-order valence-electron chi connectivity index (χ2n) is 5.31. The van der Waals surface area contributed by atoms with Gasteiger partial charge in [-0.2, -0.15) is 5.26 Å². The molecule has 2 atom stereocenters. The van der Waals surface area contributed by atoms with Gasteiger partial charge < -0.3 is 10.2 Å². The molecule has 1 amide bonds. The van der Waals surface area contributed by atoms with Crippen LogP contribution in [0.25, 0.3) is 0 Å². The standard InChI is InChI=1S/C15H18BrN3O/c1-10-8-18-15(20)14(5-6-17)19(9-10)12-3-4-13(16)11(2)7-12/h3-4,7,10,14H,5,8-9H2,1-2H3,(H,18,20). The van der Waals surface area contributed by atoms with E-state index in [4.69, 9.17) is 5.26 Å². The van der Waals surface area contributed by atoms with Gasteiger partial charge in [0.05, 0.1) is 12.5 Å². The van der Waals surface area contributed by atoms with Crippen molar-refractivity contribution in [1.29, 1.82) is 5.26 Å². The Morgan fingerprint density at radius 3 is 2.95 bits per heavy atom. The molecule has 1 aliphatic heterocycles. The van der Waals surface area contributed by atoms with Crippen LogP contribution in [0.5, 0.6) is 0 Å². The zero-order valence-corrected chi connectivity index (χ0v) is 13.3. The number of nitriles is 1. The Bertz CT molecular complexity index is 553. The molecule has 1 N–H and O–H groups in total. The molecular weight excluding hydrogens is 318 g/mol. The second-order valence-corrected chi connectivity index (χ2v) is 6.17. The highest BCUT2D eigenvalue weighted by molar-refractivity contribution is 9.10. The molecule has 2 unspecified atom stereocenters. The first-order chi connectivity index (χ1) is 9.52. The number of anilines is 1. The summed E-state index contributed by atoms with van der Waals surface area (Å²) in [6.07, 6.45) is 0.202. The fraction of sp³-hybridized carbons (Fsp3) is 0.467. The van der Waals surface area contributed by atoms with Crippen LogP contribution in [0.2, 0.25) is 0 Å². The Labute approximate surface area is 127 Å². The van der Waals surface area contributed by atoms with Gasteiger partial charge in [-0.25, -0.2) is 0 Å². The summed E-state index contributed by atoms with van der Waals surface area (Å²) < 4.78 is 1.05. The van der Waals surface area contributed by atoms with Crippen molar-refractivity contribution in [3.63, 3.8) is 0 Å². The number of benzene rings is 1. The maximum absolute atomic E-state index is 12.2. The lowest BCUT2D eigenvalue weighted by Gasteiger charge is -2.30. The van der Waals surface area contributed by atoms with Crippen molar-refractivity contribution in [3.8, 4) is 6.07 Å². The molecular formula is C15H18BrN3O. The van der Waals surface area contributed by atoms with Crippen LogP contribution in [0.4, 0.5) is 5.69 Å². The molecule has 1 fully saturated rings. The molecule has 1 aromatic carbocycles. The second kappa shape index (κ2) is 6.27. The van der Waals surface area contributed by atoms with Crippen LogP contribution in [-0.4, -0.2) is 25.0 Å². The summed E-state index contributed by atoms with van der Waals surface area (Å²) in [5, 5.41) is 11.9. The van der Waals surface area contributed by atoms with Gasteiger partial charge in [0, 0.05) is 23.2 Å². The van der Waals surface area contributed by atoms with Gasteiger partial charge in [-0.1, -0.05) is 22.9 Å². The molecule has 0 aromatic heterocycles. The molecule has 0 spiro atoms. The van der Waals surface area contributed by atoms with Crippen LogP contribution in [0.3, 0.4) is 0 Å². The van der Waals surface area contributed by atoms with Crippen molar-refractivity contribution in [2.24, 2.45) is 5.92 Å². The number of halogens is 1. The van der Waals surface area contributed by atoms with Gasteiger partial charge in [-0.15, -0.1) is 0 Å². The van der Waals surface area contributed by atoms with Crippen molar-refractivity contribution in [3.05, 3.63) is 28.2 Å². The van der Waals surface area contributed by atoms with Crippen LogP contribution in [0.15, 0.2) is 22.7 Å². The molecule has 1 saturated heterocycles. The zero-order valence-electron chi connectivity index (χ0n) is 11.7. The summed E-state index contributed by atoms with van der Waals surface area (Å²) >= 11 is 3.49. The van der Waals surface area contributed by atoms with Crippen molar-refractivity contribution >= 4 is 27.5 Å². The van der Waals surface area contributed by atoms with Gasteiger partial charge in [0.25, 0.3) is 0 Å². The van der Waals surface area contributed by atoms with E-state index in [1.807, 2.05) is 19.1 Å². The van der Waals surface area contributed by atoms with Gasteiger partial charge in [0.1, 0.15) is 6.04 Å². The van der Waals surface area contributed by atoms with E-state index >= 15 is 0 Å². The summed E-state index contributed by atoms with van der Waals surface area (Å²) in [5.74, 6) is 0.295. The predicted octanol–water partition coefficient (Wildman–Crippen LogP) is 2.61. The fourth-order valence-electron chi connectivity index (χ4n) is 2.44. The van der Waals surface area contributed by atoms with Gasteiger partial charge in [0.15, 0.2) is 0 Å². The van der Waals surface area contributed by atoms with Crippen molar-refractivity contribution in [2.45, 2.75) is 26.3 Å². The molecule has 0 aliphatic carbocycles. The first-order valence-electron chi connectivity index (χ1n) is 6.70. The molecule has 5 heteroatoms. The Kier molecular flexibility index (Phi) is 4.66. The fourth-order valence-corrected chi connectivity index (χ4v) is 2.69. The van der Waals surface area contributed by atoms with E-state index < -0.39 is 6.04 Å². The summed E-state index contributed by atoms with van der Waals surface area (Å²) in [4.78, 5) is 14.2. The highest BCUT2D eigenvalue weighted by Gasteiger charge is 2.30. The average molecular weight is 336 g/mol. The molecule has 0 saturated carbocycles. The molecule has 0 bridgehead atoms. The predicted molar refractivity (Wildman–Crippen MR) is 82.4 cm³/mol. The monoisotopic (exact) mass is 335 g/mol. The molecule has 20 heavy (non-hydrogen) atoms. The number of nitrogens with zero attached hydrogens (tertiary/aromatic N) is 2. The third-order valence-electron chi connectivity index (χ3n) is 3.57. The molecule has 1 heterocycles. The van der Waals surface area contributed by atoms with Gasteiger partial charge in [-0.3, -0.25) is 4.79 Å². The summed E-state index contributed by atoms with van der Waals surface area (Å²) in [7, 11) is 0. The number of rotatable bonds is 2. The minimum absolute atomic E-state index is 0.0588. The largest absolute Gasteiger partial charge is 0.358 e. The minimum atomic E-state index is -0.412. The van der Waals surface area contributed by atoms with E-state index in [1.54, 1.807) is 0 Å². The summed E-state index contributed by atoms with van der Waals surface area (Å²) in [5.41, 5.74) is 2.12. The third kappa shape index (κ3) is 3.13. The number of carbonyl (C=O) groups excluding carboxylic acids is 1. The average Bonchev–Trinajstić information content (AvgIpc) is 2.55. The molecule has 0 radical (unpaired) electrons. The molecule has 4 nitrogen and oxygen atoms in total. The number of amides is 1. The maximum atomic E-state index is 12.2. The van der Waals surface area contributed by atoms with Crippen LogP contribution in [0, 0.1) is 24.2 Å². The maximum Gasteiger partial charge on any atom is 0.243 e. The lowest BCUT2D eigenvalue weighted by atomic mass is 10.1. The highest BCUT2D eigenvalue weighted by Crippen LogP contribution is 2.27. The van der Waals surface area contributed by atoms with E-state index in [1.165, 1.54) is 0 Å².